The highest BCUT2D eigenvalue weighted by Crippen LogP contribution is 2.34. The van der Waals surface area contributed by atoms with Crippen LogP contribution in [0, 0.1) is 6.92 Å². The van der Waals surface area contributed by atoms with Gasteiger partial charge in [0.15, 0.2) is 0 Å². The molecule has 0 aliphatic carbocycles. The van der Waals surface area contributed by atoms with Crippen molar-refractivity contribution in [1.29, 1.82) is 0 Å². The van der Waals surface area contributed by atoms with E-state index in [1.807, 2.05) is 90.3 Å². The van der Waals surface area contributed by atoms with Crippen LogP contribution >= 0.6 is 11.6 Å². The number of halogens is 1. The first-order valence-corrected chi connectivity index (χ1v) is 12.1. The summed E-state index contributed by atoms with van der Waals surface area (Å²) in [4.78, 5) is 25.0. The summed E-state index contributed by atoms with van der Waals surface area (Å²) in [6.45, 7) is 2.20. The van der Waals surface area contributed by atoms with Gasteiger partial charge in [0.2, 0.25) is 5.78 Å². The number of carbonyl (C=O) groups excluding carboxylic acids is 2. The van der Waals surface area contributed by atoms with Gasteiger partial charge in [0, 0.05) is 18.3 Å². The molecule has 5 aromatic rings. The zero-order chi connectivity index (χ0) is 25.1. The molecule has 0 saturated carbocycles. The minimum atomic E-state index is -1.01. The van der Waals surface area contributed by atoms with E-state index < -0.39 is 11.0 Å². The fourth-order valence-corrected chi connectivity index (χ4v) is 4.75. The summed E-state index contributed by atoms with van der Waals surface area (Å²) in [6, 6.07) is 31.9. The Kier molecular flexibility index (Phi) is 6.70. The molecule has 4 nitrogen and oxygen atoms in total. The summed E-state index contributed by atoms with van der Waals surface area (Å²) >= 11 is 5.70. The van der Waals surface area contributed by atoms with Crippen LogP contribution in [0.2, 0.25) is 0 Å². The molecular formula is C31H24ClNO3. The van der Waals surface area contributed by atoms with Gasteiger partial charge in [-0.1, -0.05) is 84.9 Å². The van der Waals surface area contributed by atoms with Crippen LogP contribution in [0.1, 0.15) is 32.7 Å². The molecule has 0 atom stereocenters. The van der Waals surface area contributed by atoms with Crippen molar-refractivity contribution >= 4 is 28.1 Å². The lowest BCUT2D eigenvalue weighted by atomic mass is 9.95. The lowest BCUT2D eigenvalue weighted by Gasteiger charge is -2.12. The van der Waals surface area contributed by atoms with Gasteiger partial charge in [-0.25, -0.2) is 0 Å². The van der Waals surface area contributed by atoms with E-state index in [0.717, 1.165) is 27.9 Å². The zero-order valence-corrected chi connectivity index (χ0v) is 20.5. The first-order valence-electron chi connectivity index (χ1n) is 11.7. The Bertz CT molecular complexity index is 1560. The Morgan fingerprint density at radius 1 is 0.833 bits per heavy atom. The van der Waals surface area contributed by atoms with Gasteiger partial charge in [-0.2, -0.15) is 0 Å². The molecule has 3 aromatic carbocycles. The fourth-order valence-electron chi connectivity index (χ4n) is 4.66. The number of fused-ring (bicyclic) bond motifs is 1. The van der Waals surface area contributed by atoms with E-state index in [4.69, 9.17) is 16.3 Å². The van der Waals surface area contributed by atoms with E-state index in [2.05, 4.69) is 24.3 Å². The number of hydrogen-bond acceptors (Lipinski definition) is 3. The van der Waals surface area contributed by atoms with Crippen molar-refractivity contribution in [2.75, 3.05) is 0 Å². The van der Waals surface area contributed by atoms with Crippen molar-refractivity contribution < 1.29 is 14.3 Å². The molecule has 36 heavy (non-hydrogen) atoms. The average molecular weight is 494 g/mol. The summed E-state index contributed by atoms with van der Waals surface area (Å²) in [5, 5.41) is -1.01. The highest BCUT2D eigenvalue weighted by atomic mass is 35.5. The van der Waals surface area contributed by atoms with Gasteiger partial charge in [0.25, 0.3) is 5.24 Å². The molecule has 0 aliphatic rings. The Morgan fingerprint density at radius 2 is 1.50 bits per heavy atom. The maximum absolute atomic E-state index is 13.0. The number of rotatable bonds is 8. The Morgan fingerprint density at radius 3 is 2.22 bits per heavy atom. The minimum Gasteiger partial charge on any atom is -0.487 e. The maximum Gasteiger partial charge on any atom is 0.293 e. The molecule has 0 amide bonds. The fraction of sp³-hybridized carbons (Fsp3) is 0.0968. The first kappa shape index (κ1) is 23.6. The smallest absolute Gasteiger partial charge is 0.293 e. The normalized spacial score (nSPS) is 10.9. The van der Waals surface area contributed by atoms with Crippen LogP contribution in [0.25, 0.3) is 16.6 Å². The van der Waals surface area contributed by atoms with Crippen LogP contribution in [0.5, 0.6) is 5.75 Å². The van der Waals surface area contributed by atoms with Crippen LogP contribution in [-0.4, -0.2) is 15.4 Å². The standard InChI is InChI=1S/C31H24ClNO3/c1-21-26(19-24-15-8-9-16-25(24)23-13-6-3-7-14-23)33-18-10-17-27(29(33)28(21)30(34)31(32)35)36-20-22-11-4-2-5-12-22/h2-18H,19-20H2,1H3. The molecule has 2 heterocycles. The Labute approximate surface area is 214 Å². The second-order valence-corrected chi connectivity index (χ2v) is 8.96. The van der Waals surface area contributed by atoms with Crippen LogP contribution in [-0.2, 0) is 17.8 Å². The van der Waals surface area contributed by atoms with Gasteiger partial charge < -0.3 is 9.14 Å². The highest BCUT2D eigenvalue weighted by Gasteiger charge is 2.27. The topological polar surface area (TPSA) is 47.8 Å². The number of hydrogen-bond donors (Lipinski definition) is 0. The highest BCUT2D eigenvalue weighted by molar-refractivity contribution is 6.83. The van der Waals surface area contributed by atoms with E-state index in [-0.39, 0.29) is 5.56 Å². The van der Waals surface area contributed by atoms with E-state index >= 15 is 0 Å². The molecule has 2 aromatic heterocycles. The van der Waals surface area contributed by atoms with Gasteiger partial charge in [-0.3, -0.25) is 9.59 Å². The Hall–Kier alpha value is -4.15. The molecule has 0 bridgehead atoms. The number of benzene rings is 3. The van der Waals surface area contributed by atoms with Crippen molar-refractivity contribution in [2.24, 2.45) is 0 Å². The molecular weight excluding hydrogens is 470 g/mol. The van der Waals surface area contributed by atoms with Crippen molar-refractivity contribution in [3.63, 3.8) is 0 Å². The maximum atomic E-state index is 13.0. The molecule has 0 fully saturated rings. The monoisotopic (exact) mass is 493 g/mol. The summed E-state index contributed by atoms with van der Waals surface area (Å²) in [7, 11) is 0. The third-order valence-electron chi connectivity index (χ3n) is 6.40. The lowest BCUT2D eigenvalue weighted by Crippen LogP contribution is -2.09. The summed E-state index contributed by atoms with van der Waals surface area (Å²) in [5.41, 5.74) is 6.80. The second kappa shape index (κ2) is 10.2. The first-order chi connectivity index (χ1) is 17.5. The number of pyridine rings is 1. The van der Waals surface area contributed by atoms with Crippen LogP contribution in [0.3, 0.4) is 0 Å². The van der Waals surface area contributed by atoms with Gasteiger partial charge in [0.05, 0.1) is 11.1 Å². The van der Waals surface area contributed by atoms with Gasteiger partial charge in [-0.15, -0.1) is 0 Å². The molecule has 0 unspecified atom stereocenters. The number of Topliss-reactive ketones (excluding diaryl/α,β-unsaturated/α-hetero) is 1. The zero-order valence-electron chi connectivity index (χ0n) is 19.8. The summed E-state index contributed by atoms with van der Waals surface area (Å²) < 4.78 is 8.11. The van der Waals surface area contributed by atoms with Gasteiger partial charge in [-0.05, 0) is 58.5 Å². The number of ether oxygens (including phenoxy) is 1. The van der Waals surface area contributed by atoms with Crippen LogP contribution < -0.4 is 4.74 Å². The largest absolute Gasteiger partial charge is 0.487 e. The van der Waals surface area contributed by atoms with Crippen LogP contribution in [0.4, 0.5) is 0 Å². The second-order valence-electron chi connectivity index (χ2n) is 8.61. The predicted molar refractivity (Wildman–Crippen MR) is 143 cm³/mol. The van der Waals surface area contributed by atoms with E-state index in [1.165, 1.54) is 0 Å². The van der Waals surface area contributed by atoms with Gasteiger partial charge in [0.1, 0.15) is 12.4 Å². The third kappa shape index (κ3) is 4.56. The van der Waals surface area contributed by atoms with Crippen molar-refractivity contribution in [1.82, 2.24) is 4.40 Å². The molecule has 0 radical (unpaired) electrons. The SMILES string of the molecule is Cc1c(C(=O)C(=O)Cl)c2c(OCc3ccccc3)cccn2c1Cc1ccccc1-c1ccccc1. The third-order valence-corrected chi connectivity index (χ3v) is 6.57. The number of nitrogens with zero attached hydrogens (tertiary/aromatic N) is 1. The molecule has 5 rings (SSSR count). The van der Waals surface area contributed by atoms with Crippen molar-refractivity contribution in [3.05, 3.63) is 131 Å². The van der Waals surface area contributed by atoms with E-state index in [0.29, 0.717) is 29.9 Å². The molecule has 0 N–H and O–H groups in total. The number of aromatic nitrogens is 1. The quantitative estimate of drug-likeness (QED) is 0.132. The lowest BCUT2D eigenvalue weighted by molar-refractivity contribution is -0.108. The molecule has 0 spiro atoms. The molecule has 0 aliphatic heterocycles. The molecule has 5 heteroatoms. The Balaban J connectivity index is 1.63. The summed E-state index contributed by atoms with van der Waals surface area (Å²) in [6.07, 6.45) is 2.46. The average Bonchev–Trinajstić information content (AvgIpc) is 3.19. The minimum absolute atomic E-state index is 0.283. The molecule has 0 saturated heterocycles. The number of carbonyl (C=O) groups is 2. The summed E-state index contributed by atoms with van der Waals surface area (Å²) in [5.74, 6) is -0.210. The van der Waals surface area contributed by atoms with Crippen molar-refractivity contribution in [2.45, 2.75) is 20.0 Å². The molecule has 178 valence electrons. The van der Waals surface area contributed by atoms with E-state index in [9.17, 15) is 9.59 Å². The van der Waals surface area contributed by atoms with Crippen molar-refractivity contribution in [3.8, 4) is 16.9 Å². The van der Waals surface area contributed by atoms with E-state index in [1.54, 1.807) is 0 Å². The van der Waals surface area contributed by atoms with Crippen LogP contribution in [0.15, 0.2) is 103 Å². The number of ketones is 1. The van der Waals surface area contributed by atoms with Gasteiger partial charge >= 0.3 is 0 Å². The predicted octanol–water partition coefficient (Wildman–Crippen LogP) is 7.03.